The van der Waals surface area contributed by atoms with E-state index in [1.54, 1.807) is 0 Å². The topological polar surface area (TPSA) is 75.4 Å². The first-order valence-electron chi connectivity index (χ1n) is 7.48. The van der Waals surface area contributed by atoms with Gasteiger partial charge in [-0.15, -0.1) is 0 Å². The Balaban J connectivity index is 2.36. The molecular formula is C15H30N2O2. The van der Waals surface area contributed by atoms with Gasteiger partial charge in [-0.25, -0.2) is 0 Å². The lowest BCUT2D eigenvalue weighted by molar-refractivity contribution is -0.123. The molecule has 0 aromatic heterocycles. The van der Waals surface area contributed by atoms with Gasteiger partial charge < -0.3 is 16.2 Å². The van der Waals surface area contributed by atoms with Crippen LogP contribution in [0, 0.1) is 5.41 Å². The number of carbonyl (C=O) groups is 1. The third-order valence-corrected chi connectivity index (χ3v) is 4.17. The summed E-state index contributed by atoms with van der Waals surface area (Å²) < 4.78 is 0. The van der Waals surface area contributed by atoms with Crippen molar-refractivity contribution in [1.82, 2.24) is 5.32 Å². The van der Waals surface area contributed by atoms with E-state index in [4.69, 9.17) is 5.73 Å². The predicted octanol–water partition coefficient (Wildman–Crippen LogP) is 1.95. The highest BCUT2D eigenvalue weighted by molar-refractivity contribution is 5.76. The summed E-state index contributed by atoms with van der Waals surface area (Å²) in [6.07, 6.45) is 6.37. The molecule has 1 atom stereocenters. The molecule has 0 bridgehead atoms. The Kier molecular flexibility index (Phi) is 5.81. The van der Waals surface area contributed by atoms with Gasteiger partial charge in [-0.1, -0.05) is 46.5 Å². The fourth-order valence-corrected chi connectivity index (χ4v) is 2.40. The van der Waals surface area contributed by atoms with E-state index in [0.717, 1.165) is 25.7 Å². The number of amides is 1. The van der Waals surface area contributed by atoms with Crippen molar-refractivity contribution in [2.45, 2.75) is 77.4 Å². The molecule has 0 spiro atoms. The van der Waals surface area contributed by atoms with Gasteiger partial charge in [-0.2, -0.15) is 0 Å². The minimum atomic E-state index is -0.710. The van der Waals surface area contributed by atoms with Gasteiger partial charge in [0, 0.05) is 19.0 Å². The molecule has 1 aliphatic carbocycles. The first-order chi connectivity index (χ1) is 8.73. The molecule has 1 rings (SSSR count). The van der Waals surface area contributed by atoms with Crippen LogP contribution in [0.4, 0.5) is 0 Å². The zero-order valence-corrected chi connectivity index (χ0v) is 12.7. The molecule has 19 heavy (non-hydrogen) atoms. The van der Waals surface area contributed by atoms with E-state index >= 15 is 0 Å². The van der Waals surface area contributed by atoms with Crippen molar-refractivity contribution in [1.29, 1.82) is 0 Å². The molecule has 1 aliphatic rings. The Labute approximate surface area is 117 Å². The quantitative estimate of drug-likeness (QED) is 0.683. The normalized spacial score (nSPS) is 21.5. The lowest BCUT2D eigenvalue weighted by Gasteiger charge is -2.29. The molecule has 0 saturated heterocycles. The molecule has 1 unspecified atom stereocenters. The summed E-state index contributed by atoms with van der Waals surface area (Å²) >= 11 is 0. The summed E-state index contributed by atoms with van der Waals surface area (Å²) in [6.45, 7) is 6.46. The first-order valence-corrected chi connectivity index (χ1v) is 7.48. The molecule has 1 fully saturated rings. The number of nitrogens with two attached hydrogens (primary N) is 1. The number of nitrogens with one attached hydrogen (secondary N) is 1. The van der Waals surface area contributed by atoms with Crippen molar-refractivity contribution in [2.75, 3.05) is 6.54 Å². The summed E-state index contributed by atoms with van der Waals surface area (Å²) in [5.41, 5.74) is 5.21. The van der Waals surface area contributed by atoms with Gasteiger partial charge in [0.2, 0.25) is 5.91 Å². The average Bonchev–Trinajstić information content (AvgIpc) is 2.51. The summed E-state index contributed by atoms with van der Waals surface area (Å²) in [4.78, 5) is 11.9. The molecule has 112 valence electrons. The van der Waals surface area contributed by atoms with Gasteiger partial charge >= 0.3 is 0 Å². The third-order valence-electron chi connectivity index (χ3n) is 4.17. The standard InChI is InChI=1S/C15H30N2O2/c1-14(2,3)12(16)10-13(18)17-11-15(19)8-6-4-5-7-9-15/h12,19H,4-11,16H2,1-3H3,(H,17,18). The van der Waals surface area contributed by atoms with Crippen LogP contribution in [0.2, 0.25) is 0 Å². The van der Waals surface area contributed by atoms with Crippen LogP contribution in [0.25, 0.3) is 0 Å². The van der Waals surface area contributed by atoms with Crippen molar-refractivity contribution in [3.05, 3.63) is 0 Å². The summed E-state index contributed by atoms with van der Waals surface area (Å²) in [7, 11) is 0. The maximum atomic E-state index is 11.9. The average molecular weight is 270 g/mol. The minimum absolute atomic E-state index is 0.0555. The van der Waals surface area contributed by atoms with Gasteiger partial charge in [0.1, 0.15) is 0 Å². The molecule has 0 aromatic rings. The number of hydrogen-bond acceptors (Lipinski definition) is 3. The maximum absolute atomic E-state index is 11.9. The number of carbonyl (C=O) groups excluding carboxylic acids is 1. The van der Waals surface area contributed by atoms with Crippen molar-refractivity contribution in [3.8, 4) is 0 Å². The smallest absolute Gasteiger partial charge is 0.221 e. The Bertz CT molecular complexity index is 289. The second-order valence-corrected chi connectivity index (χ2v) is 7.09. The van der Waals surface area contributed by atoms with E-state index in [1.165, 1.54) is 12.8 Å². The van der Waals surface area contributed by atoms with Crippen molar-refractivity contribution < 1.29 is 9.90 Å². The van der Waals surface area contributed by atoms with Gasteiger partial charge in [0.15, 0.2) is 0 Å². The molecule has 1 saturated carbocycles. The third kappa shape index (κ3) is 5.91. The van der Waals surface area contributed by atoms with Crippen LogP contribution >= 0.6 is 0 Å². The molecule has 4 nitrogen and oxygen atoms in total. The first kappa shape index (κ1) is 16.4. The summed E-state index contributed by atoms with van der Waals surface area (Å²) in [6, 6.07) is -0.156. The van der Waals surface area contributed by atoms with E-state index in [9.17, 15) is 9.90 Å². The number of hydrogen-bond donors (Lipinski definition) is 3. The SMILES string of the molecule is CC(C)(C)C(N)CC(=O)NCC1(O)CCCCCC1. The maximum Gasteiger partial charge on any atom is 0.221 e. The fourth-order valence-electron chi connectivity index (χ4n) is 2.40. The Morgan fingerprint density at radius 2 is 1.79 bits per heavy atom. The van der Waals surface area contributed by atoms with E-state index < -0.39 is 5.60 Å². The lowest BCUT2D eigenvalue weighted by atomic mass is 9.85. The zero-order chi connectivity index (χ0) is 14.5. The highest BCUT2D eigenvalue weighted by Gasteiger charge is 2.29. The van der Waals surface area contributed by atoms with Gasteiger partial charge in [0.05, 0.1) is 5.60 Å². The molecule has 0 aromatic carbocycles. The van der Waals surface area contributed by atoms with Gasteiger partial charge in [-0.3, -0.25) is 4.79 Å². The number of rotatable bonds is 4. The second kappa shape index (κ2) is 6.71. The predicted molar refractivity (Wildman–Crippen MR) is 77.7 cm³/mol. The van der Waals surface area contributed by atoms with Crippen molar-refractivity contribution >= 4 is 5.91 Å². The van der Waals surface area contributed by atoms with Crippen LogP contribution in [0.3, 0.4) is 0 Å². The molecule has 1 amide bonds. The minimum Gasteiger partial charge on any atom is -0.388 e. The zero-order valence-electron chi connectivity index (χ0n) is 12.7. The lowest BCUT2D eigenvalue weighted by Crippen LogP contribution is -2.45. The fraction of sp³-hybridized carbons (Fsp3) is 0.933. The molecule has 0 radical (unpaired) electrons. The molecular weight excluding hydrogens is 240 g/mol. The highest BCUT2D eigenvalue weighted by Crippen LogP contribution is 2.26. The molecule has 0 aliphatic heterocycles. The van der Waals surface area contributed by atoms with Crippen LogP contribution in [-0.2, 0) is 4.79 Å². The Morgan fingerprint density at radius 3 is 2.26 bits per heavy atom. The highest BCUT2D eigenvalue weighted by atomic mass is 16.3. The van der Waals surface area contributed by atoms with E-state index in [2.05, 4.69) is 5.32 Å². The van der Waals surface area contributed by atoms with E-state index in [1.807, 2.05) is 20.8 Å². The van der Waals surface area contributed by atoms with Crippen molar-refractivity contribution in [3.63, 3.8) is 0 Å². The number of aliphatic hydroxyl groups is 1. The van der Waals surface area contributed by atoms with Gasteiger partial charge in [0.25, 0.3) is 0 Å². The van der Waals surface area contributed by atoms with E-state index in [0.29, 0.717) is 13.0 Å². The van der Waals surface area contributed by atoms with Gasteiger partial charge in [-0.05, 0) is 18.3 Å². The largest absolute Gasteiger partial charge is 0.388 e. The summed E-state index contributed by atoms with van der Waals surface area (Å²) in [5.74, 6) is -0.0555. The van der Waals surface area contributed by atoms with Crippen LogP contribution in [0.5, 0.6) is 0 Å². The monoisotopic (exact) mass is 270 g/mol. The van der Waals surface area contributed by atoms with Crippen LogP contribution in [-0.4, -0.2) is 29.2 Å². The molecule has 4 N–H and O–H groups in total. The second-order valence-electron chi connectivity index (χ2n) is 7.09. The Morgan fingerprint density at radius 1 is 1.26 bits per heavy atom. The van der Waals surface area contributed by atoms with Crippen molar-refractivity contribution in [2.24, 2.45) is 11.1 Å². The Hall–Kier alpha value is -0.610. The van der Waals surface area contributed by atoms with Crippen LogP contribution in [0.1, 0.15) is 65.7 Å². The van der Waals surface area contributed by atoms with E-state index in [-0.39, 0.29) is 17.4 Å². The van der Waals surface area contributed by atoms with Crippen LogP contribution < -0.4 is 11.1 Å². The molecule has 4 heteroatoms. The summed E-state index contributed by atoms with van der Waals surface area (Å²) in [5, 5.41) is 13.3. The van der Waals surface area contributed by atoms with Crippen LogP contribution in [0.15, 0.2) is 0 Å². The molecule has 0 heterocycles.